The van der Waals surface area contributed by atoms with E-state index in [1.54, 1.807) is 48.3 Å². The monoisotopic (exact) mass is 427 g/mol. The van der Waals surface area contributed by atoms with Crippen LogP contribution < -0.4 is 15.4 Å². The highest BCUT2D eigenvalue weighted by molar-refractivity contribution is 7.89. The Bertz CT molecular complexity index is 1180. The first-order chi connectivity index (χ1) is 14.4. The second-order valence-electron chi connectivity index (χ2n) is 6.80. The van der Waals surface area contributed by atoms with Crippen LogP contribution in [0.3, 0.4) is 0 Å². The van der Waals surface area contributed by atoms with Gasteiger partial charge in [-0.05, 0) is 43.2 Å². The molecule has 1 aliphatic rings. The molecule has 0 unspecified atom stereocenters. The quantitative estimate of drug-likeness (QED) is 0.484. The van der Waals surface area contributed by atoms with Gasteiger partial charge in [0.25, 0.3) is 0 Å². The van der Waals surface area contributed by atoms with Gasteiger partial charge < -0.3 is 10.6 Å². The highest BCUT2D eigenvalue weighted by atomic mass is 32.2. The lowest BCUT2D eigenvalue weighted by Gasteiger charge is -2.17. The molecule has 3 N–H and O–H groups in total. The zero-order valence-electron chi connectivity index (χ0n) is 16.3. The van der Waals surface area contributed by atoms with Gasteiger partial charge in [-0.1, -0.05) is 0 Å². The summed E-state index contributed by atoms with van der Waals surface area (Å²) >= 11 is 0. The van der Waals surface area contributed by atoms with Crippen molar-refractivity contribution in [1.82, 2.24) is 24.5 Å². The van der Waals surface area contributed by atoms with Gasteiger partial charge in [-0.3, -0.25) is 4.79 Å². The number of sulfonamides is 1. The van der Waals surface area contributed by atoms with Gasteiger partial charge in [0.15, 0.2) is 5.82 Å². The Kier molecular flexibility index (Phi) is 5.46. The topological polar surface area (TPSA) is 131 Å². The third-order valence-electron chi connectivity index (χ3n) is 4.57. The molecule has 0 bridgehead atoms. The van der Waals surface area contributed by atoms with E-state index < -0.39 is 10.0 Å². The second kappa shape index (κ2) is 8.20. The number of anilines is 2. The summed E-state index contributed by atoms with van der Waals surface area (Å²) < 4.78 is 29.4. The van der Waals surface area contributed by atoms with Crippen molar-refractivity contribution < 1.29 is 13.2 Å². The summed E-state index contributed by atoms with van der Waals surface area (Å²) in [4.78, 5) is 20.3. The summed E-state index contributed by atoms with van der Waals surface area (Å²) in [5.74, 6) is 1.72. The summed E-state index contributed by atoms with van der Waals surface area (Å²) in [5, 5.41) is 10.00. The maximum absolute atomic E-state index is 12.6. The molecule has 3 heterocycles. The number of benzene rings is 1. The van der Waals surface area contributed by atoms with Crippen LogP contribution in [0.15, 0.2) is 47.6 Å². The number of aromatic nitrogens is 4. The van der Waals surface area contributed by atoms with Gasteiger partial charge in [-0.15, -0.1) is 0 Å². The highest BCUT2D eigenvalue weighted by Gasteiger charge is 2.19. The first-order valence-electron chi connectivity index (χ1n) is 9.43. The number of hydrogen-bond acceptors (Lipinski definition) is 7. The van der Waals surface area contributed by atoms with Crippen LogP contribution >= 0.6 is 0 Å². The Morgan fingerprint density at radius 3 is 2.83 bits per heavy atom. The third kappa shape index (κ3) is 4.47. The predicted molar refractivity (Wildman–Crippen MR) is 111 cm³/mol. The van der Waals surface area contributed by atoms with Crippen LogP contribution in [-0.2, 0) is 21.2 Å². The Morgan fingerprint density at radius 1 is 1.17 bits per heavy atom. The molecule has 10 nitrogen and oxygen atoms in total. The van der Waals surface area contributed by atoms with E-state index in [0.29, 0.717) is 42.5 Å². The molecular weight excluding hydrogens is 406 g/mol. The zero-order valence-corrected chi connectivity index (χ0v) is 17.1. The molecule has 1 aliphatic heterocycles. The maximum atomic E-state index is 12.6. The van der Waals surface area contributed by atoms with Crippen LogP contribution in [0.1, 0.15) is 17.8 Å². The number of fused-ring (bicyclic) bond motifs is 1. The summed E-state index contributed by atoms with van der Waals surface area (Å²) in [6.07, 6.45) is 4.32. The molecule has 30 heavy (non-hydrogen) atoms. The Morgan fingerprint density at radius 2 is 2.03 bits per heavy atom. The number of nitrogens with one attached hydrogen (secondary N) is 3. The van der Waals surface area contributed by atoms with E-state index in [0.717, 1.165) is 5.56 Å². The molecule has 156 valence electrons. The molecular formula is C19H21N7O3S. The number of amides is 1. The van der Waals surface area contributed by atoms with Crippen LogP contribution in [0.4, 0.5) is 11.5 Å². The van der Waals surface area contributed by atoms with E-state index in [9.17, 15) is 13.2 Å². The molecule has 0 spiro atoms. The van der Waals surface area contributed by atoms with E-state index in [-0.39, 0.29) is 17.3 Å². The second-order valence-corrected chi connectivity index (χ2v) is 8.57. The van der Waals surface area contributed by atoms with Crippen molar-refractivity contribution in [3.8, 4) is 5.82 Å². The third-order valence-corrected chi connectivity index (χ3v) is 6.03. The molecule has 0 atom stereocenters. The van der Waals surface area contributed by atoms with Crippen LogP contribution in [0.2, 0.25) is 0 Å². The van der Waals surface area contributed by atoms with Gasteiger partial charge in [0.05, 0.1) is 4.90 Å². The number of carbonyl (C=O) groups excluding carboxylic acids is 1. The van der Waals surface area contributed by atoms with E-state index in [1.807, 2.05) is 0 Å². The van der Waals surface area contributed by atoms with Gasteiger partial charge in [-0.25, -0.2) is 27.8 Å². The highest BCUT2D eigenvalue weighted by Crippen LogP contribution is 2.25. The number of nitrogens with zero attached hydrogens (tertiary/aromatic N) is 4. The molecule has 11 heteroatoms. The van der Waals surface area contributed by atoms with Gasteiger partial charge in [0.1, 0.15) is 11.6 Å². The number of rotatable bonds is 7. The summed E-state index contributed by atoms with van der Waals surface area (Å²) in [6.45, 7) is 2.30. The van der Waals surface area contributed by atoms with Crippen LogP contribution in [0.25, 0.3) is 5.82 Å². The molecule has 1 amide bonds. The molecule has 3 aromatic rings. The Hall–Kier alpha value is -3.31. The van der Waals surface area contributed by atoms with E-state index in [1.165, 1.54) is 6.07 Å². The van der Waals surface area contributed by atoms with Crippen LogP contribution in [-0.4, -0.2) is 47.2 Å². The molecule has 0 saturated carbocycles. The van der Waals surface area contributed by atoms with Crippen LogP contribution in [0, 0.1) is 6.92 Å². The van der Waals surface area contributed by atoms with Crippen molar-refractivity contribution in [3.05, 3.63) is 54.1 Å². The van der Waals surface area contributed by atoms with Crippen molar-refractivity contribution in [2.24, 2.45) is 0 Å². The fraction of sp³-hybridized carbons (Fsp3) is 0.263. The fourth-order valence-electron chi connectivity index (χ4n) is 3.15. The van der Waals surface area contributed by atoms with Crippen LogP contribution in [0.5, 0.6) is 0 Å². The molecule has 1 aromatic carbocycles. The molecule has 4 rings (SSSR count). The number of carbonyl (C=O) groups is 1. The van der Waals surface area contributed by atoms with Gasteiger partial charge >= 0.3 is 0 Å². The van der Waals surface area contributed by atoms with E-state index >= 15 is 0 Å². The van der Waals surface area contributed by atoms with Crippen molar-refractivity contribution in [2.75, 3.05) is 23.7 Å². The lowest BCUT2D eigenvalue weighted by atomic mass is 10.0. The van der Waals surface area contributed by atoms with Gasteiger partial charge in [0, 0.05) is 43.7 Å². The average molecular weight is 427 g/mol. The largest absolute Gasteiger partial charge is 0.369 e. The minimum absolute atomic E-state index is 0.0574. The minimum atomic E-state index is -3.66. The van der Waals surface area contributed by atoms with Crippen molar-refractivity contribution in [2.45, 2.75) is 24.7 Å². The first-order valence-corrected chi connectivity index (χ1v) is 10.9. The molecule has 0 saturated heterocycles. The zero-order chi connectivity index (χ0) is 21.1. The van der Waals surface area contributed by atoms with Crippen molar-refractivity contribution in [1.29, 1.82) is 0 Å². The SMILES string of the molecule is Cc1nc(NCCNS(=O)(=O)c2ccc3c(c2)CCC(=O)N3)cc(-n2cccn2)n1. The van der Waals surface area contributed by atoms with Crippen molar-refractivity contribution in [3.63, 3.8) is 0 Å². The molecule has 0 radical (unpaired) electrons. The fourth-order valence-corrected chi connectivity index (χ4v) is 4.23. The maximum Gasteiger partial charge on any atom is 0.240 e. The Labute approximate surface area is 173 Å². The molecule has 2 aromatic heterocycles. The summed E-state index contributed by atoms with van der Waals surface area (Å²) in [6, 6.07) is 8.26. The lowest BCUT2D eigenvalue weighted by molar-refractivity contribution is -0.116. The lowest BCUT2D eigenvalue weighted by Crippen LogP contribution is -2.29. The minimum Gasteiger partial charge on any atom is -0.369 e. The van der Waals surface area contributed by atoms with Gasteiger partial charge in [0.2, 0.25) is 15.9 Å². The summed E-state index contributed by atoms with van der Waals surface area (Å²) in [5.41, 5.74) is 1.48. The number of hydrogen-bond donors (Lipinski definition) is 3. The van der Waals surface area contributed by atoms with Crippen molar-refractivity contribution >= 4 is 27.4 Å². The van der Waals surface area contributed by atoms with E-state index in [4.69, 9.17) is 0 Å². The molecule has 0 aliphatic carbocycles. The number of aryl methyl sites for hydroxylation is 2. The predicted octanol–water partition coefficient (Wildman–Crippen LogP) is 1.25. The van der Waals surface area contributed by atoms with Gasteiger partial charge in [-0.2, -0.15) is 5.10 Å². The summed E-state index contributed by atoms with van der Waals surface area (Å²) in [7, 11) is -3.66. The normalized spacial score (nSPS) is 13.6. The Balaban J connectivity index is 1.37. The first kappa shape index (κ1) is 20.0. The standard InChI is InChI=1S/C19H21N7O3S/c1-13-23-17(12-18(24-13)26-10-2-7-21-26)20-8-9-22-30(28,29)15-4-5-16-14(11-15)3-6-19(27)25-16/h2,4-5,7,10-12,22H,3,6,8-9H2,1H3,(H,25,27)(H,20,23,24). The average Bonchev–Trinajstić information content (AvgIpc) is 3.25. The smallest absolute Gasteiger partial charge is 0.240 e. The van der Waals surface area contributed by atoms with E-state index in [2.05, 4.69) is 30.4 Å². The molecule has 0 fully saturated rings.